The van der Waals surface area contributed by atoms with Crippen molar-refractivity contribution in [2.24, 2.45) is 0 Å². The third kappa shape index (κ3) is 1.97. The first kappa shape index (κ1) is 10.1. The minimum atomic E-state index is -0.000602. The van der Waals surface area contributed by atoms with Crippen molar-refractivity contribution in [1.29, 1.82) is 0 Å². The number of hydrogen-bond acceptors (Lipinski definition) is 3. The minimum Gasteiger partial charge on any atom is -0.287 e. The van der Waals surface area contributed by atoms with Crippen molar-refractivity contribution in [2.45, 2.75) is 13.8 Å². The number of pyridine rings is 1. The second-order valence-electron chi connectivity index (χ2n) is 3.44. The summed E-state index contributed by atoms with van der Waals surface area (Å²) in [5.74, 6) is -0.000602. The van der Waals surface area contributed by atoms with Gasteiger partial charge in [-0.15, -0.1) is 0 Å². The number of nitrogens with zero attached hydrogens (tertiary/aromatic N) is 1. The maximum atomic E-state index is 11.9. The highest BCUT2D eigenvalue weighted by molar-refractivity contribution is 7.08. The molecule has 0 spiro atoms. The largest absolute Gasteiger partial charge is 0.287 e. The lowest BCUT2D eigenvalue weighted by Gasteiger charge is -2.02. The predicted molar refractivity (Wildman–Crippen MR) is 61.5 cm³/mol. The van der Waals surface area contributed by atoms with Gasteiger partial charge in [0.2, 0.25) is 5.78 Å². The smallest absolute Gasteiger partial charge is 0.212 e. The lowest BCUT2D eigenvalue weighted by atomic mass is 10.1. The molecule has 0 saturated heterocycles. The van der Waals surface area contributed by atoms with Gasteiger partial charge in [-0.1, -0.05) is 6.07 Å². The average Bonchev–Trinajstić information content (AvgIpc) is 2.74. The molecule has 0 aliphatic heterocycles. The minimum absolute atomic E-state index is 0.000602. The van der Waals surface area contributed by atoms with Gasteiger partial charge in [-0.05, 0) is 36.9 Å². The van der Waals surface area contributed by atoms with Gasteiger partial charge in [0.1, 0.15) is 5.69 Å². The first-order valence-electron chi connectivity index (χ1n) is 4.69. The molecule has 76 valence electrons. The first-order valence-corrected chi connectivity index (χ1v) is 5.64. The van der Waals surface area contributed by atoms with Crippen LogP contribution in [0.15, 0.2) is 29.0 Å². The molecule has 0 fully saturated rings. The van der Waals surface area contributed by atoms with E-state index in [1.165, 1.54) is 11.3 Å². The SMILES string of the molecule is Cc1ccc(C(=O)c2ccsc2)nc1C. The van der Waals surface area contributed by atoms with E-state index in [0.29, 0.717) is 5.69 Å². The van der Waals surface area contributed by atoms with Gasteiger partial charge in [-0.25, -0.2) is 4.98 Å². The van der Waals surface area contributed by atoms with Gasteiger partial charge < -0.3 is 0 Å². The summed E-state index contributed by atoms with van der Waals surface area (Å²) in [4.78, 5) is 16.2. The molecule has 2 heterocycles. The van der Waals surface area contributed by atoms with Gasteiger partial charge in [0.25, 0.3) is 0 Å². The summed E-state index contributed by atoms with van der Waals surface area (Å²) in [6.07, 6.45) is 0. The Hall–Kier alpha value is -1.48. The molecular weight excluding hydrogens is 206 g/mol. The van der Waals surface area contributed by atoms with E-state index >= 15 is 0 Å². The summed E-state index contributed by atoms with van der Waals surface area (Å²) in [5, 5.41) is 3.74. The third-order valence-corrected chi connectivity index (χ3v) is 3.05. The van der Waals surface area contributed by atoms with E-state index in [9.17, 15) is 4.79 Å². The lowest BCUT2D eigenvalue weighted by molar-refractivity contribution is 0.103. The van der Waals surface area contributed by atoms with Crippen LogP contribution in [0.25, 0.3) is 0 Å². The van der Waals surface area contributed by atoms with Crippen molar-refractivity contribution in [1.82, 2.24) is 4.98 Å². The van der Waals surface area contributed by atoms with Crippen molar-refractivity contribution in [3.63, 3.8) is 0 Å². The molecule has 2 nitrogen and oxygen atoms in total. The number of carbonyl (C=O) groups is 1. The molecule has 2 rings (SSSR count). The number of carbonyl (C=O) groups excluding carboxylic acids is 1. The fraction of sp³-hybridized carbons (Fsp3) is 0.167. The zero-order valence-electron chi connectivity index (χ0n) is 8.65. The third-order valence-electron chi connectivity index (χ3n) is 2.37. The molecule has 2 aromatic rings. The van der Waals surface area contributed by atoms with E-state index in [2.05, 4.69) is 4.98 Å². The number of thiophene rings is 1. The Morgan fingerprint density at radius 1 is 1.27 bits per heavy atom. The van der Waals surface area contributed by atoms with E-state index in [1.54, 1.807) is 6.07 Å². The number of aromatic nitrogens is 1. The van der Waals surface area contributed by atoms with Gasteiger partial charge >= 0.3 is 0 Å². The molecule has 0 saturated carbocycles. The van der Waals surface area contributed by atoms with Crippen LogP contribution in [0.5, 0.6) is 0 Å². The van der Waals surface area contributed by atoms with E-state index in [4.69, 9.17) is 0 Å². The highest BCUT2D eigenvalue weighted by Gasteiger charge is 2.11. The zero-order chi connectivity index (χ0) is 10.8. The van der Waals surface area contributed by atoms with E-state index in [0.717, 1.165) is 16.8 Å². The Bertz CT molecular complexity index is 488. The molecule has 0 aliphatic carbocycles. The molecule has 0 unspecified atom stereocenters. The highest BCUT2D eigenvalue weighted by atomic mass is 32.1. The highest BCUT2D eigenvalue weighted by Crippen LogP contribution is 2.13. The maximum absolute atomic E-state index is 11.9. The quantitative estimate of drug-likeness (QED) is 0.724. The summed E-state index contributed by atoms with van der Waals surface area (Å²) >= 11 is 1.52. The molecule has 2 aromatic heterocycles. The zero-order valence-corrected chi connectivity index (χ0v) is 9.47. The van der Waals surface area contributed by atoms with Crippen molar-refractivity contribution in [2.75, 3.05) is 0 Å². The van der Waals surface area contributed by atoms with Gasteiger partial charge in [-0.2, -0.15) is 11.3 Å². The molecule has 0 amide bonds. The van der Waals surface area contributed by atoms with Crippen LogP contribution in [0.2, 0.25) is 0 Å². The second-order valence-corrected chi connectivity index (χ2v) is 4.22. The summed E-state index contributed by atoms with van der Waals surface area (Å²) in [7, 11) is 0. The molecule has 15 heavy (non-hydrogen) atoms. The van der Waals surface area contributed by atoms with E-state index in [1.807, 2.05) is 36.7 Å². The average molecular weight is 217 g/mol. The Balaban J connectivity index is 2.39. The number of rotatable bonds is 2. The van der Waals surface area contributed by atoms with Crippen LogP contribution in [-0.4, -0.2) is 10.8 Å². The van der Waals surface area contributed by atoms with Crippen LogP contribution in [0.3, 0.4) is 0 Å². The van der Waals surface area contributed by atoms with Crippen LogP contribution in [0.1, 0.15) is 27.3 Å². The number of ketones is 1. The van der Waals surface area contributed by atoms with Crippen molar-refractivity contribution in [3.8, 4) is 0 Å². The normalized spacial score (nSPS) is 10.3. The van der Waals surface area contributed by atoms with Crippen molar-refractivity contribution >= 4 is 17.1 Å². The fourth-order valence-electron chi connectivity index (χ4n) is 1.30. The molecule has 0 aromatic carbocycles. The fourth-order valence-corrected chi connectivity index (χ4v) is 1.93. The summed E-state index contributed by atoms with van der Waals surface area (Å²) in [6, 6.07) is 5.54. The van der Waals surface area contributed by atoms with Crippen LogP contribution >= 0.6 is 11.3 Å². The maximum Gasteiger partial charge on any atom is 0.212 e. The Kier molecular flexibility index (Phi) is 2.64. The molecule has 0 aliphatic rings. The van der Waals surface area contributed by atoms with E-state index in [-0.39, 0.29) is 5.78 Å². The second kappa shape index (κ2) is 3.95. The topological polar surface area (TPSA) is 30.0 Å². The van der Waals surface area contributed by atoms with Gasteiger partial charge in [-0.3, -0.25) is 4.79 Å². The van der Waals surface area contributed by atoms with Crippen LogP contribution in [-0.2, 0) is 0 Å². The predicted octanol–water partition coefficient (Wildman–Crippen LogP) is 2.99. The van der Waals surface area contributed by atoms with Gasteiger partial charge in [0.05, 0.1) is 0 Å². The van der Waals surface area contributed by atoms with Gasteiger partial charge in [0.15, 0.2) is 0 Å². The number of aryl methyl sites for hydroxylation is 2. The molecule has 0 radical (unpaired) electrons. The molecule has 0 bridgehead atoms. The first-order chi connectivity index (χ1) is 7.18. The summed E-state index contributed by atoms with van der Waals surface area (Å²) in [6.45, 7) is 3.90. The monoisotopic (exact) mass is 217 g/mol. The van der Waals surface area contributed by atoms with Crippen LogP contribution in [0.4, 0.5) is 0 Å². The van der Waals surface area contributed by atoms with Crippen LogP contribution in [0, 0.1) is 13.8 Å². The number of hydrogen-bond donors (Lipinski definition) is 0. The lowest BCUT2D eigenvalue weighted by Crippen LogP contribution is -2.04. The summed E-state index contributed by atoms with van der Waals surface area (Å²) < 4.78 is 0. The standard InChI is InChI=1S/C12H11NOS/c1-8-3-4-11(13-9(8)2)12(14)10-5-6-15-7-10/h3-7H,1-2H3. The Morgan fingerprint density at radius 2 is 2.07 bits per heavy atom. The summed E-state index contributed by atoms with van der Waals surface area (Å²) in [5.41, 5.74) is 3.26. The molecular formula is C12H11NOS. The van der Waals surface area contributed by atoms with E-state index < -0.39 is 0 Å². The molecule has 3 heteroatoms. The Labute approximate surface area is 92.6 Å². The Morgan fingerprint density at radius 3 is 2.67 bits per heavy atom. The van der Waals surface area contributed by atoms with Crippen molar-refractivity contribution in [3.05, 3.63) is 51.5 Å². The van der Waals surface area contributed by atoms with Crippen LogP contribution < -0.4 is 0 Å². The molecule has 0 N–H and O–H groups in total. The molecule has 0 atom stereocenters. The van der Waals surface area contributed by atoms with Crippen molar-refractivity contribution < 1.29 is 4.79 Å². The van der Waals surface area contributed by atoms with Gasteiger partial charge in [0, 0.05) is 16.6 Å².